The smallest absolute Gasteiger partial charge is 0.274 e. The molecule has 1 aliphatic rings. The Bertz CT molecular complexity index is 1380. The van der Waals surface area contributed by atoms with E-state index >= 15 is 0 Å². The van der Waals surface area contributed by atoms with E-state index in [9.17, 15) is 19.2 Å². The quantitative estimate of drug-likeness (QED) is 0.449. The third-order valence-corrected chi connectivity index (χ3v) is 6.53. The van der Waals surface area contributed by atoms with Crippen molar-refractivity contribution in [1.29, 1.82) is 0 Å². The van der Waals surface area contributed by atoms with Gasteiger partial charge in [-0.15, -0.1) is 0 Å². The predicted molar refractivity (Wildman–Crippen MR) is 143 cm³/mol. The lowest BCUT2D eigenvalue weighted by Gasteiger charge is -2.28. The second-order valence-corrected chi connectivity index (χ2v) is 10.3. The normalized spacial score (nSPS) is 20.8. The molecule has 12 heteroatoms. The van der Waals surface area contributed by atoms with E-state index in [4.69, 9.17) is 8.83 Å². The molecule has 2 aromatic heterocycles. The van der Waals surface area contributed by atoms with Crippen LogP contribution in [0.3, 0.4) is 0 Å². The highest BCUT2D eigenvalue weighted by Crippen LogP contribution is 2.23. The van der Waals surface area contributed by atoms with Gasteiger partial charge in [0.2, 0.25) is 23.6 Å². The molecule has 0 fully saturated rings. The van der Waals surface area contributed by atoms with E-state index in [0.29, 0.717) is 6.42 Å². The number of nitrogens with one attached hydrogen (secondary N) is 3. The van der Waals surface area contributed by atoms with Gasteiger partial charge in [-0.3, -0.25) is 19.2 Å². The number of benzene rings is 1. The van der Waals surface area contributed by atoms with Crippen LogP contribution in [0.15, 0.2) is 45.4 Å². The summed E-state index contributed by atoms with van der Waals surface area (Å²) in [5.74, 6) is -1.08. The minimum Gasteiger partial charge on any atom is -0.446 e. The summed E-state index contributed by atoms with van der Waals surface area (Å²) in [4.78, 5) is 62.1. The van der Waals surface area contributed by atoms with E-state index in [0.717, 1.165) is 5.56 Å². The third-order valence-electron chi connectivity index (χ3n) is 6.53. The molecule has 4 bridgehead atoms. The number of aryl methyl sites for hydroxylation is 1. The molecule has 3 aromatic rings. The molecule has 3 atom stereocenters. The average Bonchev–Trinajstić information content (AvgIpc) is 3.54. The molecular weight excluding hydrogens is 516 g/mol. The summed E-state index contributed by atoms with van der Waals surface area (Å²) in [6, 6.07) is 7.18. The zero-order valence-electron chi connectivity index (χ0n) is 23.2. The van der Waals surface area contributed by atoms with Crippen LogP contribution in [-0.2, 0) is 9.59 Å². The number of amides is 4. The van der Waals surface area contributed by atoms with Crippen molar-refractivity contribution in [3.8, 4) is 0 Å². The minimum absolute atomic E-state index is 0.0169. The maximum atomic E-state index is 13.4. The highest BCUT2D eigenvalue weighted by atomic mass is 16.4. The van der Waals surface area contributed by atoms with Crippen LogP contribution in [0.2, 0.25) is 0 Å². The average molecular weight is 551 g/mol. The van der Waals surface area contributed by atoms with Crippen LogP contribution < -0.4 is 16.0 Å². The Kier molecular flexibility index (Phi) is 8.66. The Labute approximate surface area is 231 Å². The standard InChI is InChI=1S/C28H34N6O6/c1-15(2)11-20-28-32-22(14-39-28)25(37)29-16(3)27-33-24(17(4)40-27)26(38)31-21(19-9-7-6-8-10-19)12-34(18(5)35)13-23(36)30-20/h6-10,14-16,20-21H,11-13H2,1-5H3,(H,29,37)(H,30,36)(H,31,38)/t16-,20+,21+/m0/s1. The maximum absolute atomic E-state index is 13.4. The van der Waals surface area contributed by atoms with E-state index in [-0.39, 0.29) is 53.8 Å². The lowest BCUT2D eigenvalue weighted by Crippen LogP contribution is -2.45. The van der Waals surface area contributed by atoms with Crippen molar-refractivity contribution in [2.75, 3.05) is 13.1 Å². The van der Waals surface area contributed by atoms with Gasteiger partial charge in [0.25, 0.3) is 11.8 Å². The zero-order chi connectivity index (χ0) is 29.0. The number of rotatable bonds is 3. The summed E-state index contributed by atoms with van der Waals surface area (Å²) < 4.78 is 11.3. The van der Waals surface area contributed by atoms with Crippen molar-refractivity contribution in [2.45, 2.75) is 59.2 Å². The van der Waals surface area contributed by atoms with Crippen molar-refractivity contribution >= 4 is 23.6 Å². The zero-order valence-corrected chi connectivity index (χ0v) is 23.2. The van der Waals surface area contributed by atoms with Crippen molar-refractivity contribution in [3.05, 3.63) is 71.1 Å². The molecule has 1 aromatic carbocycles. The number of aromatic nitrogens is 2. The Morgan fingerprint density at radius 1 is 1.05 bits per heavy atom. The van der Waals surface area contributed by atoms with Gasteiger partial charge in [0.1, 0.15) is 24.1 Å². The minimum atomic E-state index is -0.684. The van der Waals surface area contributed by atoms with Gasteiger partial charge >= 0.3 is 0 Å². The summed E-state index contributed by atoms with van der Waals surface area (Å²) in [5.41, 5.74) is 0.803. The number of fused-ring (bicyclic) bond motifs is 4. The number of oxazole rings is 2. The van der Waals surface area contributed by atoms with Gasteiger partial charge in [0.05, 0.1) is 12.6 Å². The first-order valence-corrected chi connectivity index (χ1v) is 13.2. The summed E-state index contributed by atoms with van der Waals surface area (Å²) in [6.45, 7) is 8.38. The number of nitrogens with zero attached hydrogens (tertiary/aromatic N) is 3. The molecule has 4 rings (SSSR count). The number of hydrogen-bond acceptors (Lipinski definition) is 8. The molecule has 0 spiro atoms. The molecule has 3 N–H and O–H groups in total. The monoisotopic (exact) mass is 550 g/mol. The molecule has 0 unspecified atom stereocenters. The fourth-order valence-corrected chi connectivity index (χ4v) is 4.47. The van der Waals surface area contributed by atoms with Gasteiger partial charge in [-0.2, -0.15) is 0 Å². The number of carbonyl (C=O) groups is 4. The van der Waals surface area contributed by atoms with Crippen LogP contribution in [0, 0.1) is 12.8 Å². The van der Waals surface area contributed by atoms with E-state index in [1.54, 1.807) is 13.8 Å². The highest BCUT2D eigenvalue weighted by Gasteiger charge is 2.29. The van der Waals surface area contributed by atoms with Crippen LogP contribution in [0.4, 0.5) is 0 Å². The number of hydrogen-bond donors (Lipinski definition) is 3. The highest BCUT2D eigenvalue weighted by molar-refractivity contribution is 5.94. The molecule has 0 aliphatic carbocycles. The van der Waals surface area contributed by atoms with Crippen LogP contribution in [0.5, 0.6) is 0 Å². The molecular formula is C28H34N6O6. The van der Waals surface area contributed by atoms with Gasteiger partial charge in [0.15, 0.2) is 11.4 Å². The topological polar surface area (TPSA) is 160 Å². The lowest BCUT2D eigenvalue weighted by molar-refractivity contribution is -0.135. The Morgan fingerprint density at radius 3 is 2.45 bits per heavy atom. The largest absolute Gasteiger partial charge is 0.446 e. The summed E-state index contributed by atoms with van der Waals surface area (Å²) >= 11 is 0. The summed E-state index contributed by atoms with van der Waals surface area (Å²) in [7, 11) is 0. The van der Waals surface area contributed by atoms with E-state index in [2.05, 4.69) is 25.9 Å². The second kappa shape index (κ2) is 12.1. The van der Waals surface area contributed by atoms with Gasteiger partial charge in [0, 0.05) is 13.5 Å². The molecule has 1 aliphatic heterocycles. The third kappa shape index (κ3) is 6.74. The maximum Gasteiger partial charge on any atom is 0.274 e. The van der Waals surface area contributed by atoms with Crippen LogP contribution in [0.25, 0.3) is 0 Å². The van der Waals surface area contributed by atoms with Crippen molar-refractivity contribution in [1.82, 2.24) is 30.8 Å². The Balaban J connectivity index is 1.74. The first kappa shape index (κ1) is 28.5. The van der Waals surface area contributed by atoms with Crippen molar-refractivity contribution in [2.24, 2.45) is 5.92 Å². The fraction of sp³-hybridized carbons (Fsp3) is 0.429. The lowest BCUT2D eigenvalue weighted by atomic mass is 10.0. The van der Waals surface area contributed by atoms with Crippen LogP contribution in [0.1, 0.15) is 96.3 Å². The predicted octanol–water partition coefficient (Wildman–Crippen LogP) is 3.00. The van der Waals surface area contributed by atoms with Crippen molar-refractivity contribution in [3.63, 3.8) is 0 Å². The fourth-order valence-electron chi connectivity index (χ4n) is 4.47. The van der Waals surface area contributed by atoms with Gasteiger partial charge in [-0.05, 0) is 31.7 Å². The molecule has 40 heavy (non-hydrogen) atoms. The Hall–Kier alpha value is -4.48. The molecule has 0 saturated carbocycles. The SMILES string of the molecule is CC(=O)N1CC(=O)N[C@H](CC(C)C)c2nc(co2)C(=O)N[C@@H](C)c2nc(c(C)o2)C(=O)N[C@@H](c2ccccc2)C1. The number of carbonyl (C=O) groups excluding carboxylic acids is 4. The van der Waals surface area contributed by atoms with Crippen LogP contribution in [-0.4, -0.2) is 51.6 Å². The van der Waals surface area contributed by atoms with Crippen molar-refractivity contribution < 1.29 is 28.0 Å². The van der Waals surface area contributed by atoms with E-state index in [1.165, 1.54) is 18.1 Å². The molecule has 3 heterocycles. The molecule has 0 radical (unpaired) electrons. The summed E-state index contributed by atoms with van der Waals surface area (Å²) in [6.07, 6.45) is 1.71. The molecule has 212 valence electrons. The Morgan fingerprint density at radius 2 is 1.77 bits per heavy atom. The van der Waals surface area contributed by atoms with E-state index < -0.39 is 35.8 Å². The molecule has 0 saturated heterocycles. The summed E-state index contributed by atoms with van der Waals surface area (Å²) in [5, 5.41) is 8.58. The molecule has 4 amide bonds. The van der Waals surface area contributed by atoms with Crippen LogP contribution >= 0.6 is 0 Å². The second-order valence-electron chi connectivity index (χ2n) is 10.3. The van der Waals surface area contributed by atoms with Gasteiger partial charge in [-0.25, -0.2) is 9.97 Å². The molecule has 12 nitrogen and oxygen atoms in total. The van der Waals surface area contributed by atoms with E-state index in [1.807, 2.05) is 44.2 Å². The first-order valence-electron chi connectivity index (χ1n) is 13.2. The van der Waals surface area contributed by atoms with Gasteiger partial charge in [-0.1, -0.05) is 44.2 Å². The first-order chi connectivity index (χ1) is 19.0. The van der Waals surface area contributed by atoms with Gasteiger partial charge < -0.3 is 29.7 Å².